The number of carbonyl (C=O) groups is 1. The molecule has 0 spiro atoms. The van der Waals surface area contributed by atoms with E-state index < -0.39 is 30.8 Å². The molecule has 2 N–H and O–H groups in total. The second kappa shape index (κ2) is 6.25. The van der Waals surface area contributed by atoms with Crippen LogP contribution in [0.4, 0.5) is 19.1 Å². The lowest BCUT2D eigenvalue weighted by atomic mass is 10.2. The van der Waals surface area contributed by atoms with E-state index in [2.05, 4.69) is 15.3 Å². The number of hydrogen-bond acceptors (Lipinski definition) is 5. The molecule has 1 aromatic heterocycles. The van der Waals surface area contributed by atoms with Crippen molar-refractivity contribution in [2.75, 3.05) is 18.0 Å². The molecule has 2 unspecified atom stereocenters. The third-order valence-electron chi connectivity index (χ3n) is 3.21. The molecule has 2 atom stereocenters. The number of carbonyl (C=O) groups excluding carboxylic acids is 1. The van der Waals surface area contributed by atoms with Crippen molar-refractivity contribution in [3.63, 3.8) is 0 Å². The molecule has 9 heteroatoms. The van der Waals surface area contributed by atoms with Crippen molar-refractivity contribution in [3.8, 4) is 0 Å². The fourth-order valence-corrected chi connectivity index (χ4v) is 2.15. The number of alkyl halides is 3. The van der Waals surface area contributed by atoms with Gasteiger partial charge in [0.15, 0.2) is 6.10 Å². The number of aromatic nitrogens is 2. The average molecular weight is 304 g/mol. The summed E-state index contributed by atoms with van der Waals surface area (Å²) in [5.41, 5.74) is 0. The first-order chi connectivity index (χ1) is 9.89. The summed E-state index contributed by atoms with van der Waals surface area (Å²) >= 11 is 0. The molecule has 1 aromatic rings. The Hall–Kier alpha value is -1.90. The van der Waals surface area contributed by atoms with Crippen molar-refractivity contribution in [1.82, 2.24) is 15.3 Å². The second-order valence-electron chi connectivity index (χ2n) is 4.70. The van der Waals surface area contributed by atoms with Gasteiger partial charge in [0.05, 0.1) is 6.54 Å². The standard InChI is InChI=1S/C12H15F3N4O2/c13-12(14,15)9(20)7-18-10(21)8-3-1-6-19(8)11-16-4-2-5-17-11/h2,4-5,8-9,20H,1,3,6-7H2,(H,18,21). The predicted octanol–water partition coefficient (Wildman–Crippen LogP) is 0.485. The van der Waals surface area contributed by atoms with Crippen LogP contribution in [-0.2, 0) is 4.79 Å². The van der Waals surface area contributed by atoms with Crippen LogP contribution in [0.3, 0.4) is 0 Å². The first kappa shape index (κ1) is 15.5. The topological polar surface area (TPSA) is 78.4 Å². The Morgan fingerprint density at radius 3 is 2.76 bits per heavy atom. The highest BCUT2D eigenvalue weighted by molar-refractivity contribution is 5.85. The van der Waals surface area contributed by atoms with Gasteiger partial charge in [0.1, 0.15) is 6.04 Å². The number of rotatable bonds is 4. The van der Waals surface area contributed by atoms with Crippen molar-refractivity contribution in [2.24, 2.45) is 0 Å². The van der Waals surface area contributed by atoms with Crippen molar-refractivity contribution < 1.29 is 23.1 Å². The number of halogens is 3. The minimum Gasteiger partial charge on any atom is -0.382 e. The SMILES string of the molecule is O=C(NCC(O)C(F)(F)F)C1CCCN1c1ncccn1. The van der Waals surface area contributed by atoms with Crippen molar-refractivity contribution >= 4 is 11.9 Å². The van der Waals surface area contributed by atoms with Crippen molar-refractivity contribution in [1.29, 1.82) is 0 Å². The van der Waals surface area contributed by atoms with Gasteiger partial charge in [-0.05, 0) is 18.9 Å². The maximum Gasteiger partial charge on any atom is 0.416 e. The highest BCUT2D eigenvalue weighted by Gasteiger charge is 2.39. The molecule has 116 valence electrons. The quantitative estimate of drug-likeness (QED) is 0.846. The third-order valence-corrected chi connectivity index (χ3v) is 3.21. The van der Waals surface area contributed by atoms with Crippen molar-refractivity contribution in [3.05, 3.63) is 18.5 Å². The Kier molecular flexibility index (Phi) is 4.61. The van der Waals surface area contributed by atoms with Crippen LogP contribution in [0, 0.1) is 0 Å². The van der Waals surface area contributed by atoms with E-state index in [1.807, 2.05) is 0 Å². The number of nitrogens with zero attached hydrogens (tertiary/aromatic N) is 3. The van der Waals surface area contributed by atoms with Gasteiger partial charge in [-0.2, -0.15) is 13.2 Å². The minimum absolute atomic E-state index is 0.367. The average Bonchev–Trinajstić information content (AvgIpc) is 2.93. The lowest BCUT2D eigenvalue weighted by molar-refractivity contribution is -0.201. The molecule has 0 aromatic carbocycles. The lowest BCUT2D eigenvalue weighted by Gasteiger charge is -2.24. The highest BCUT2D eigenvalue weighted by Crippen LogP contribution is 2.22. The molecule has 2 rings (SSSR count). The van der Waals surface area contributed by atoms with Gasteiger partial charge in [0.2, 0.25) is 11.9 Å². The maximum absolute atomic E-state index is 12.2. The van der Waals surface area contributed by atoms with Gasteiger partial charge >= 0.3 is 6.18 Å². The van der Waals surface area contributed by atoms with E-state index in [1.54, 1.807) is 11.0 Å². The number of anilines is 1. The van der Waals surface area contributed by atoms with E-state index >= 15 is 0 Å². The number of aliphatic hydroxyl groups excluding tert-OH is 1. The van der Waals surface area contributed by atoms with Crippen LogP contribution in [0.25, 0.3) is 0 Å². The summed E-state index contributed by atoms with van der Waals surface area (Å²) in [4.78, 5) is 21.7. The molecular weight excluding hydrogens is 289 g/mol. The zero-order valence-corrected chi connectivity index (χ0v) is 11.0. The summed E-state index contributed by atoms with van der Waals surface area (Å²) in [5, 5.41) is 11.0. The third kappa shape index (κ3) is 3.81. The number of nitrogens with one attached hydrogen (secondary N) is 1. The van der Waals surface area contributed by atoms with Crippen LogP contribution in [0.5, 0.6) is 0 Å². The Bertz CT molecular complexity index is 483. The highest BCUT2D eigenvalue weighted by atomic mass is 19.4. The monoisotopic (exact) mass is 304 g/mol. The molecule has 1 aliphatic heterocycles. The van der Waals surface area contributed by atoms with E-state index in [0.717, 1.165) is 6.42 Å². The van der Waals surface area contributed by atoms with Crippen LogP contribution >= 0.6 is 0 Å². The van der Waals surface area contributed by atoms with Gasteiger partial charge in [0.25, 0.3) is 0 Å². The van der Waals surface area contributed by atoms with Crippen LogP contribution in [0.1, 0.15) is 12.8 Å². The summed E-state index contributed by atoms with van der Waals surface area (Å²) in [6.45, 7) is -0.299. The van der Waals surface area contributed by atoms with Gasteiger partial charge in [-0.1, -0.05) is 0 Å². The van der Waals surface area contributed by atoms with E-state index in [-0.39, 0.29) is 0 Å². The number of aliphatic hydroxyl groups is 1. The Morgan fingerprint density at radius 1 is 1.48 bits per heavy atom. The molecule has 0 saturated carbocycles. The van der Waals surface area contributed by atoms with Gasteiger partial charge < -0.3 is 15.3 Å². The molecule has 1 amide bonds. The largest absolute Gasteiger partial charge is 0.416 e. The molecule has 1 fully saturated rings. The van der Waals surface area contributed by atoms with E-state index in [0.29, 0.717) is 18.9 Å². The Balaban J connectivity index is 1.96. The maximum atomic E-state index is 12.2. The molecule has 1 aliphatic rings. The van der Waals surface area contributed by atoms with Gasteiger partial charge in [-0.3, -0.25) is 4.79 Å². The van der Waals surface area contributed by atoms with E-state index in [1.165, 1.54) is 12.4 Å². The van der Waals surface area contributed by atoms with Crippen LogP contribution < -0.4 is 10.2 Å². The predicted molar refractivity (Wildman–Crippen MR) is 67.5 cm³/mol. The van der Waals surface area contributed by atoms with Gasteiger partial charge in [0, 0.05) is 18.9 Å². The van der Waals surface area contributed by atoms with Crippen LogP contribution in [0.15, 0.2) is 18.5 Å². The summed E-state index contributed by atoms with van der Waals surface area (Å²) in [6, 6.07) is 1.02. The van der Waals surface area contributed by atoms with Gasteiger partial charge in [-0.25, -0.2) is 9.97 Å². The van der Waals surface area contributed by atoms with Crippen LogP contribution in [-0.4, -0.2) is 52.4 Å². The van der Waals surface area contributed by atoms with E-state index in [4.69, 9.17) is 5.11 Å². The van der Waals surface area contributed by atoms with E-state index in [9.17, 15) is 18.0 Å². The fourth-order valence-electron chi connectivity index (χ4n) is 2.15. The summed E-state index contributed by atoms with van der Waals surface area (Å²) in [7, 11) is 0. The summed E-state index contributed by atoms with van der Waals surface area (Å²) in [6.07, 6.45) is -3.02. The minimum atomic E-state index is -4.74. The zero-order chi connectivity index (χ0) is 15.5. The smallest absolute Gasteiger partial charge is 0.382 e. The molecule has 0 aliphatic carbocycles. The lowest BCUT2D eigenvalue weighted by Crippen LogP contribution is -2.48. The molecule has 6 nitrogen and oxygen atoms in total. The van der Waals surface area contributed by atoms with Gasteiger partial charge in [-0.15, -0.1) is 0 Å². The van der Waals surface area contributed by atoms with Crippen molar-refractivity contribution in [2.45, 2.75) is 31.2 Å². The summed E-state index contributed by atoms with van der Waals surface area (Å²) in [5.74, 6) is -0.199. The fraction of sp³-hybridized carbons (Fsp3) is 0.583. The second-order valence-corrected chi connectivity index (χ2v) is 4.70. The summed E-state index contributed by atoms with van der Waals surface area (Å²) < 4.78 is 36.6. The molecule has 21 heavy (non-hydrogen) atoms. The Morgan fingerprint density at radius 2 is 2.14 bits per heavy atom. The molecule has 0 radical (unpaired) electrons. The molecule has 0 bridgehead atoms. The first-order valence-electron chi connectivity index (χ1n) is 6.45. The Labute approximate surface area is 119 Å². The molecule has 1 saturated heterocycles. The number of hydrogen-bond donors (Lipinski definition) is 2. The molecular formula is C12H15F3N4O2. The molecule has 2 heterocycles. The first-order valence-corrected chi connectivity index (χ1v) is 6.45. The number of amides is 1. The zero-order valence-electron chi connectivity index (χ0n) is 11.0. The van der Waals surface area contributed by atoms with Crippen LogP contribution in [0.2, 0.25) is 0 Å². The normalized spacial score (nSPS) is 20.4.